The molecule has 1 atom stereocenters. The van der Waals surface area contributed by atoms with Crippen LogP contribution in [0.2, 0.25) is 0 Å². The van der Waals surface area contributed by atoms with Gasteiger partial charge in [0.15, 0.2) is 5.13 Å². The quantitative estimate of drug-likeness (QED) is 0.785. The van der Waals surface area contributed by atoms with E-state index in [1.807, 2.05) is 13.8 Å². The molecule has 0 aliphatic rings. The van der Waals surface area contributed by atoms with Gasteiger partial charge >= 0.3 is 0 Å². The number of thiazole rings is 1. The third-order valence-electron chi connectivity index (χ3n) is 1.70. The Bertz CT molecular complexity index is 327. The lowest BCUT2D eigenvalue weighted by atomic mass is 10.3. The van der Waals surface area contributed by atoms with Gasteiger partial charge in [-0.05, 0) is 13.8 Å². The third kappa shape index (κ3) is 3.85. The Kier molecular flexibility index (Phi) is 4.51. The fourth-order valence-corrected chi connectivity index (χ4v) is 1.57. The second kappa shape index (κ2) is 5.67. The molecule has 0 saturated carbocycles. The summed E-state index contributed by atoms with van der Waals surface area (Å²) < 4.78 is 5.18. The van der Waals surface area contributed by atoms with E-state index in [0.717, 1.165) is 0 Å². The number of hydrogen-bond donors (Lipinski definition) is 2. The van der Waals surface area contributed by atoms with Crippen LogP contribution in [0.4, 0.5) is 5.13 Å². The first-order valence-corrected chi connectivity index (χ1v) is 5.61. The molecule has 1 aromatic rings. The lowest BCUT2D eigenvalue weighted by Crippen LogP contribution is -2.36. The highest BCUT2D eigenvalue weighted by atomic mass is 32.1. The Morgan fingerprint density at radius 1 is 1.80 bits per heavy atom. The Morgan fingerprint density at radius 2 is 2.53 bits per heavy atom. The predicted octanol–water partition coefficient (Wildman–Crippen LogP) is 0.880. The zero-order chi connectivity index (χ0) is 11.3. The van der Waals surface area contributed by atoms with Crippen LogP contribution >= 0.6 is 11.3 Å². The van der Waals surface area contributed by atoms with Gasteiger partial charge in [0, 0.05) is 18.0 Å². The molecule has 1 heterocycles. The zero-order valence-electron chi connectivity index (χ0n) is 8.82. The molecule has 1 unspecified atom stereocenters. The molecule has 1 aromatic heterocycles. The van der Waals surface area contributed by atoms with Crippen molar-refractivity contribution in [3.63, 3.8) is 0 Å². The van der Waals surface area contributed by atoms with E-state index in [1.54, 1.807) is 5.38 Å². The molecule has 0 bridgehead atoms. The highest BCUT2D eigenvalue weighted by Crippen LogP contribution is 2.10. The highest BCUT2D eigenvalue weighted by Gasteiger charge is 2.12. The summed E-state index contributed by atoms with van der Waals surface area (Å²) in [7, 11) is 0. The topological polar surface area (TPSA) is 77.2 Å². The van der Waals surface area contributed by atoms with E-state index in [9.17, 15) is 4.79 Å². The zero-order valence-corrected chi connectivity index (χ0v) is 9.63. The van der Waals surface area contributed by atoms with Gasteiger partial charge in [-0.1, -0.05) is 0 Å². The SMILES string of the molecule is CCOCC(C)NC(=O)c1csc(N)n1. The van der Waals surface area contributed by atoms with E-state index in [0.29, 0.717) is 24.0 Å². The number of anilines is 1. The first-order chi connectivity index (χ1) is 7.13. The number of nitrogens with two attached hydrogens (primary N) is 1. The minimum absolute atomic E-state index is 0.0274. The summed E-state index contributed by atoms with van der Waals surface area (Å²) in [4.78, 5) is 15.4. The summed E-state index contributed by atoms with van der Waals surface area (Å²) in [5.41, 5.74) is 5.79. The van der Waals surface area contributed by atoms with Gasteiger partial charge in [-0.25, -0.2) is 4.98 Å². The van der Waals surface area contributed by atoms with Crippen molar-refractivity contribution in [1.82, 2.24) is 10.3 Å². The van der Waals surface area contributed by atoms with Crippen LogP contribution in [0.1, 0.15) is 24.3 Å². The van der Waals surface area contributed by atoms with E-state index in [-0.39, 0.29) is 11.9 Å². The average molecular weight is 229 g/mol. The van der Waals surface area contributed by atoms with Crippen molar-refractivity contribution in [2.45, 2.75) is 19.9 Å². The summed E-state index contributed by atoms with van der Waals surface area (Å²) in [5, 5.41) is 4.81. The van der Waals surface area contributed by atoms with E-state index in [2.05, 4.69) is 10.3 Å². The van der Waals surface area contributed by atoms with Crippen LogP contribution in [0, 0.1) is 0 Å². The van der Waals surface area contributed by atoms with Crippen LogP contribution in [-0.2, 0) is 4.74 Å². The predicted molar refractivity (Wildman–Crippen MR) is 59.9 cm³/mol. The number of aromatic nitrogens is 1. The van der Waals surface area contributed by atoms with Gasteiger partial charge in [0.1, 0.15) is 5.69 Å². The van der Waals surface area contributed by atoms with Gasteiger partial charge in [-0.3, -0.25) is 4.79 Å². The molecule has 15 heavy (non-hydrogen) atoms. The summed E-state index contributed by atoms with van der Waals surface area (Å²) in [5.74, 6) is -0.213. The van der Waals surface area contributed by atoms with E-state index >= 15 is 0 Å². The molecule has 0 aromatic carbocycles. The van der Waals surface area contributed by atoms with Crippen LogP contribution in [0.25, 0.3) is 0 Å². The summed E-state index contributed by atoms with van der Waals surface area (Å²) in [6.07, 6.45) is 0. The number of amides is 1. The molecule has 0 fully saturated rings. The summed E-state index contributed by atoms with van der Waals surface area (Å²) in [6.45, 7) is 4.94. The number of carbonyl (C=O) groups is 1. The molecule has 5 nitrogen and oxygen atoms in total. The van der Waals surface area contributed by atoms with E-state index in [4.69, 9.17) is 10.5 Å². The number of nitrogen functional groups attached to an aromatic ring is 1. The van der Waals surface area contributed by atoms with Gasteiger partial charge in [0.25, 0.3) is 5.91 Å². The standard InChI is InChI=1S/C9H15N3O2S/c1-3-14-4-6(2)11-8(13)7-5-15-9(10)12-7/h5-6H,3-4H2,1-2H3,(H2,10,12)(H,11,13). The van der Waals surface area contributed by atoms with Crippen molar-refractivity contribution in [3.05, 3.63) is 11.1 Å². The number of nitrogens with zero attached hydrogens (tertiary/aromatic N) is 1. The molecule has 6 heteroatoms. The monoisotopic (exact) mass is 229 g/mol. The molecule has 1 amide bonds. The molecule has 3 N–H and O–H groups in total. The molecular weight excluding hydrogens is 214 g/mol. The Balaban J connectivity index is 2.42. The second-order valence-electron chi connectivity index (χ2n) is 3.10. The Hall–Kier alpha value is -1.14. The Morgan fingerprint density at radius 3 is 3.07 bits per heavy atom. The summed E-state index contributed by atoms with van der Waals surface area (Å²) in [6, 6.07) is -0.0274. The van der Waals surface area contributed by atoms with Crippen molar-refractivity contribution in [3.8, 4) is 0 Å². The van der Waals surface area contributed by atoms with Crippen molar-refractivity contribution in [1.29, 1.82) is 0 Å². The minimum atomic E-state index is -0.213. The minimum Gasteiger partial charge on any atom is -0.380 e. The number of hydrogen-bond acceptors (Lipinski definition) is 5. The van der Waals surface area contributed by atoms with Crippen LogP contribution in [0.5, 0.6) is 0 Å². The largest absolute Gasteiger partial charge is 0.380 e. The molecule has 0 aliphatic heterocycles. The molecule has 0 spiro atoms. The van der Waals surface area contributed by atoms with Gasteiger partial charge in [0.05, 0.1) is 6.61 Å². The smallest absolute Gasteiger partial charge is 0.271 e. The van der Waals surface area contributed by atoms with Crippen LogP contribution in [-0.4, -0.2) is 30.1 Å². The van der Waals surface area contributed by atoms with Crippen molar-refractivity contribution in [2.24, 2.45) is 0 Å². The molecule has 1 rings (SSSR count). The average Bonchev–Trinajstić information content (AvgIpc) is 2.61. The molecule has 84 valence electrons. The van der Waals surface area contributed by atoms with Crippen LogP contribution in [0.3, 0.4) is 0 Å². The fourth-order valence-electron chi connectivity index (χ4n) is 1.03. The lowest BCUT2D eigenvalue weighted by Gasteiger charge is -2.12. The second-order valence-corrected chi connectivity index (χ2v) is 3.99. The van der Waals surface area contributed by atoms with Crippen molar-refractivity contribution in [2.75, 3.05) is 18.9 Å². The number of rotatable bonds is 5. The maximum absolute atomic E-state index is 11.6. The van der Waals surface area contributed by atoms with Gasteiger partial charge in [-0.15, -0.1) is 11.3 Å². The maximum Gasteiger partial charge on any atom is 0.271 e. The number of ether oxygens (including phenoxy) is 1. The lowest BCUT2D eigenvalue weighted by molar-refractivity contribution is 0.0868. The first kappa shape index (κ1) is 11.9. The van der Waals surface area contributed by atoms with Crippen molar-refractivity contribution >= 4 is 22.4 Å². The molecule has 0 saturated heterocycles. The number of carbonyl (C=O) groups excluding carboxylic acids is 1. The molecule has 0 radical (unpaired) electrons. The normalized spacial score (nSPS) is 12.4. The number of nitrogens with one attached hydrogen (secondary N) is 1. The third-order valence-corrected chi connectivity index (χ3v) is 2.38. The van der Waals surface area contributed by atoms with E-state index in [1.165, 1.54) is 11.3 Å². The van der Waals surface area contributed by atoms with Crippen LogP contribution < -0.4 is 11.1 Å². The first-order valence-electron chi connectivity index (χ1n) is 4.73. The van der Waals surface area contributed by atoms with Crippen LogP contribution in [0.15, 0.2) is 5.38 Å². The highest BCUT2D eigenvalue weighted by molar-refractivity contribution is 7.13. The Labute approximate surface area is 92.6 Å². The maximum atomic E-state index is 11.6. The fraction of sp³-hybridized carbons (Fsp3) is 0.556. The van der Waals surface area contributed by atoms with E-state index < -0.39 is 0 Å². The van der Waals surface area contributed by atoms with Gasteiger partial charge in [0.2, 0.25) is 0 Å². The molecule has 0 aliphatic carbocycles. The summed E-state index contributed by atoms with van der Waals surface area (Å²) >= 11 is 1.25. The van der Waals surface area contributed by atoms with Gasteiger partial charge in [-0.2, -0.15) is 0 Å². The molecular formula is C9H15N3O2S. The van der Waals surface area contributed by atoms with Gasteiger partial charge < -0.3 is 15.8 Å². The van der Waals surface area contributed by atoms with Crippen molar-refractivity contribution < 1.29 is 9.53 Å².